The number of rotatable bonds is 3. The number of carbonyl (C=O) groups is 1. The predicted molar refractivity (Wildman–Crippen MR) is 82.5 cm³/mol. The zero-order valence-electron chi connectivity index (χ0n) is 12.7. The predicted octanol–water partition coefficient (Wildman–Crippen LogP) is 2.42. The van der Waals surface area contributed by atoms with Crippen LogP contribution in [0.2, 0.25) is 0 Å². The largest absolute Gasteiger partial charge is 0.493 e. The maximum atomic E-state index is 12.2. The molecule has 0 aromatic heterocycles. The van der Waals surface area contributed by atoms with Gasteiger partial charge in [-0.1, -0.05) is 18.2 Å². The minimum atomic E-state index is 0.217. The molecule has 0 spiro atoms. The molecule has 1 N–H and O–H groups in total. The Hall–Kier alpha value is -1.55. The van der Waals surface area contributed by atoms with Crippen LogP contribution in [0.5, 0.6) is 5.75 Å². The summed E-state index contributed by atoms with van der Waals surface area (Å²) in [7, 11) is 0. The van der Waals surface area contributed by atoms with Crippen molar-refractivity contribution < 1.29 is 9.53 Å². The van der Waals surface area contributed by atoms with Crippen LogP contribution in [0.3, 0.4) is 0 Å². The molecule has 0 saturated carbocycles. The highest BCUT2D eigenvalue weighted by Crippen LogP contribution is 2.33. The summed E-state index contributed by atoms with van der Waals surface area (Å²) in [6.07, 6.45) is 4.32. The number of nitrogens with zero attached hydrogens (tertiary/aromatic N) is 1. The van der Waals surface area contributed by atoms with Crippen LogP contribution in [0.1, 0.15) is 42.9 Å². The molecule has 2 heterocycles. The molecule has 0 aliphatic carbocycles. The quantitative estimate of drug-likeness (QED) is 0.928. The fourth-order valence-electron chi connectivity index (χ4n) is 3.26. The van der Waals surface area contributed by atoms with Crippen LogP contribution >= 0.6 is 0 Å². The summed E-state index contributed by atoms with van der Waals surface area (Å²) < 4.78 is 5.88. The van der Waals surface area contributed by atoms with Gasteiger partial charge in [0, 0.05) is 24.7 Å². The maximum Gasteiger partial charge on any atom is 0.236 e. The maximum absolute atomic E-state index is 12.2. The van der Waals surface area contributed by atoms with Gasteiger partial charge in [-0.25, -0.2) is 0 Å². The van der Waals surface area contributed by atoms with Crippen molar-refractivity contribution in [3.63, 3.8) is 0 Å². The molecular formula is C17H24N2O2. The molecule has 1 unspecified atom stereocenters. The number of benzene rings is 1. The van der Waals surface area contributed by atoms with Gasteiger partial charge in [-0.3, -0.25) is 4.79 Å². The molecule has 3 rings (SSSR count). The first-order chi connectivity index (χ1) is 10.3. The molecule has 21 heavy (non-hydrogen) atoms. The molecule has 1 aromatic rings. The van der Waals surface area contributed by atoms with Gasteiger partial charge in [-0.15, -0.1) is 0 Å². The summed E-state index contributed by atoms with van der Waals surface area (Å²) in [5.74, 6) is 1.23. The highest BCUT2D eigenvalue weighted by atomic mass is 16.5. The van der Waals surface area contributed by atoms with Gasteiger partial charge in [0.2, 0.25) is 5.91 Å². The number of aryl methyl sites for hydroxylation is 1. The second kappa shape index (κ2) is 6.48. The highest BCUT2D eigenvalue weighted by molar-refractivity contribution is 5.78. The molecule has 2 aliphatic heterocycles. The number of nitrogens with one attached hydrogen (secondary N) is 1. The summed E-state index contributed by atoms with van der Waals surface area (Å²) >= 11 is 0. The zero-order valence-corrected chi connectivity index (χ0v) is 12.7. The Bertz CT molecular complexity index is 510. The fraction of sp³-hybridized carbons (Fsp3) is 0.588. The molecule has 1 fully saturated rings. The normalized spacial score (nSPS) is 21.6. The van der Waals surface area contributed by atoms with Crippen molar-refractivity contribution in [3.8, 4) is 5.75 Å². The van der Waals surface area contributed by atoms with E-state index >= 15 is 0 Å². The molecule has 0 bridgehead atoms. The lowest BCUT2D eigenvalue weighted by Gasteiger charge is -2.21. The number of likely N-dealkylation sites (tertiary alicyclic amines) is 1. The molecule has 1 amide bonds. The smallest absolute Gasteiger partial charge is 0.236 e. The van der Waals surface area contributed by atoms with Crippen molar-refractivity contribution in [3.05, 3.63) is 29.3 Å². The number of ether oxygens (including phenoxy) is 1. The van der Waals surface area contributed by atoms with Gasteiger partial charge in [-0.2, -0.15) is 0 Å². The van der Waals surface area contributed by atoms with Gasteiger partial charge >= 0.3 is 0 Å². The summed E-state index contributed by atoms with van der Waals surface area (Å²) in [6.45, 7) is 5.11. The first kappa shape index (κ1) is 14.4. The lowest BCUT2D eigenvalue weighted by Crippen LogP contribution is -2.37. The topological polar surface area (TPSA) is 41.6 Å². The SMILES string of the molecule is Cc1cccc2c1OCCCC2NCC(=O)N1CCCC1. The molecular weight excluding hydrogens is 264 g/mol. The van der Waals surface area contributed by atoms with E-state index in [0.717, 1.165) is 51.1 Å². The second-order valence-electron chi connectivity index (χ2n) is 6.01. The molecule has 1 aromatic carbocycles. The van der Waals surface area contributed by atoms with E-state index in [1.807, 2.05) is 4.90 Å². The Morgan fingerprint density at radius 1 is 1.33 bits per heavy atom. The second-order valence-corrected chi connectivity index (χ2v) is 6.01. The van der Waals surface area contributed by atoms with Crippen LogP contribution in [0.4, 0.5) is 0 Å². The van der Waals surface area contributed by atoms with Crippen molar-refractivity contribution in [2.24, 2.45) is 0 Å². The number of carbonyl (C=O) groups excluding carboxylic acids is 1. The van der Waals surface area contributed by atoms with Crippen molar-refractivity contribution in [1.82, 2.24) is 10.2 Å². The van der Waals surface area contributed by atoms with E-state index in [4.69, 9.17) is 4.74 Å². The molecule has 1 atom stereocenters. The number of amides is 1. The Morgan fingerprint density at radius 2 is 2.14 bits per heavy atom. The fourth-order valence-corrected chi connectivity index (χ4v) is 3.26. The first-order valence-corrected chi connectivity index (χ1v) is 7.99. The minimum Gasteiger partial charge on any atom is -0.493 e. The lowest BCUT2D eigenvalue weighted by atomic mass is 10.00. The number of hydrogen-bond acceptors (Lipinski definition) is 3. The molecule has 114 valence electrons. The number of para-hydroxylation sites is 1. The summed E-state index contributed by atoms with van der Waals surface area (Å²) in [4.78, 5) is 14.2. The monoisotopic (exact) mass is 288 g/mol. The van der Waals surface area contributed by atoms with Gasteiger partial charge < -0.3 is 15.0 Å². The van der Waals surface area contributed by atoms with Gasteiger partial charge in [0.25, 0.3) is 0 Å². The van der Waals surface area contributed by atoms with E-state index in [2.05, 4.69) is 30.4 Å². The summed E-state index contributed by atoms with van der Waals surface area (Å²) in [5, 5.41) is 3.45. The van der Waals surface area contributed by atoms with E-state index in [1.54, 1.807) is 0 Å². The minimum absolute atomic E-state index is 0.217. The molecule has 2 aliphatic rings. The Labute approximate surface area is 126 Å². The van der Waals surface area contributed by atoms with E-state index in [1.165, 1.54) is 11.1 Å². The molecule has 0 radical (unpaired) electrons. The van der Waals surface area contributed by atoms with Crippen LogP contribution in [-0.4, -0.2) is 37.0 Å². The molecule has 4 heteroatoms. The first-order valence-electron chi connectivity index (χ1n) is 7.99. The van der Waals surface area contributed by atoms with E-state index in [9.17, 15) is 4.79 Å². The number of hydrogen-bond donors (Lipinski definition) is 1. The van der Waals surface area contributed by atoms with Crippen LogP contribution in [-0.2, 0) is 4.79 Å². The van der Waals surface area contributed by atoms with Gasteiger partial charge in [0.05, 0.1) is 13.2 Å². The lowest BCUT2D eigenvalue weighted by molar-refractivity contribution is -0.129. The summed E-state index contributed by atoms with van der Waals surface area (Å²) in [5.41, 5.74) is 2.37. The number of fused-ring (bicyclic) bond motifs is 1. The third kappa shape index (κ3) is 3.21. The summed E-state index contributed by atoms with van der Waals surface area (Å²) in [6, 6.07) is 6.48. The van der Waals surface area contributed by atoms with Crippen molar-refractivity contribution >= 4 is 5.91 Å². The van der Waals surface area contributed by atoms with Crippen LogP contribution in [0, 0.1) is 6.92 Å². The zero-order chi connectivity index (χ0) is 14.7. The van der Waals surface area contributed by atoms with Crippen LogP contribution in [0.15, 0.2) is 18.2 Å². The van der Waals surface area contributed by atoms with Crippen molar-refractivity contribution in [1.29, 1.82) is 0 Å². The Morgan fingerprint density at radius 3 is 2.95 bits per heavy atom. The van der Waals surface area contributed by atoms with Crippen molar-refractivity contribution in [2.45, 2.75) is 38.6 Å². The molecule has 4 nitrogen and oxygen atoms in total. The van der Waals surface area contributed by atoms with E-state index < -0.39 is 0 Å². The average Bonchev–Trinajstić information content (AvgIpc) is 2.94. The Balaban J connectivity index is 1.68. The average molecular weight is 288 g/mol. The molecule has 1 saturated heterocycles. The van der Waals surface area contributed by atoms with Gasteiger partial charge in [0.15, 0.2) is 0 Å². The van der Waals surface area contributed by atoms with Crippen LogP contribution < -0.4 is 10.1 Å². The van der Waals surface area contributed by atoms with Gasteiger partial charge in [0.1, 0.15) is 5.75 Å². The van der Waals surface area contributed by atoms with E-state index in [-0.39, 0.29) is 11.9 Å². The highest BCUT2D eigenvalue weighted by Gasteiger charge is 2.23. The van der Waals surface area contributed by atoms with Gasteiger partial charge in [-0.05, 0) is 38.2 Å². The standard InChI is InChI=1S/C17H24N2O2/c1-13-6-4-7-14-15(8-5-11-21-17(13)14)18-12-16(20)19-9-2-3-10-19/h4,6-7,15,18H,2-3,5,8-12H2,1H3. The van der Waals surface area contributed by atoms with E-state index in [0.29, 0.717) is 6.54 Å². The third-order valence-corrected chi connectivity index (χ3v) is 4.46. The Kier molecular flexibility index (Phi) is 4.44. The van der Waals surface area contributed by atoms with Crippen molar-refractivity contribution in [2.75, 3.05) is 26.2 Å². The van der Waals surface area contributed by atoms with Crippen LogP contribution in [0.25, 0.3) is 0 Å². The third-order valence-electron chi connectivity index (χ3n) is 4.46.